The second-order valence-corrected chi connectivity index (χ2v) is 5.61. The van der Waals surface area contributed by atoms with Crippen molar-refractivity contribution >= 4 is 12.0 Å². The fourth-order valence-corrected chi connectivity index (χ4v) is 2.06. The number of carboxylic acids is 1. The largest absolute Gasteiger partial charge is 0.481 e. The van der Waals surface area contributed by atoms with E-state index in [0.717, 1.165) is 32.1 Å². The van der Waals surface area contributed by atoms with Crippen molar-refractivity contribution in [3.63, 3.8) is 0 Å². The van der Waals surface area contributed by atoms with E-state index in [4.69, 9.17) is 5.11 Å². The van der Waals surface area contributed by atoms with Crippen LogP contribution in [0.15, 0.2) is 0 Å². The molecule has 0 heterocycles. The Kier molecular flexibility index (Phi) is 10.8. The normalized spacial score (nSPS) is 13.6. The molecule has 0 aliphatic rings. The van der Waals surface area contributed by atoms with E-state index in [0.29, 0.717) is 18.9 Å². The van der Waals surface area contributed by atoms with Crippen LogP contribution in [0.5, 0.6) is 0 Å². The quantitative estimate of drug-likeness (QED) is 0.510. The van der Waals surface area contributed by atoms with Crippen molar-refractivity contribution in [2.75, 3.05) is 6.54 Å². The summed E-state index contributed by atoms with van der Waals surface area (Å²) >= 11 is 0. The zero-order chi connectivity index (χ0) is 15.4. The van der Waals surface area contributed by atoms with Crippen LogP contribution < -0.4 is 10.6 Å². The summed E-state index contributed by atoms with van der Waals surface area (Å²) in [5, 5.41) is 14.3. The molecule has 3 N–H and O–H groups in total. The van der Waals surface area contributed by atoms with Gasteiger partial charge in [-0.2, -0.15) is 0 Å². The van der Waals surface area contributed by atoms with Gasteiger partial charge in [-0.05, 0) is 32.1 Å². The first-order valence-corrected chi connectivity index (χ1v) is 7.71. The average molecular weight is 286 g/mol. The predicted octanol–water partition coefficient (Wildman–Crippen LogP) is 3.15. The summed E-state index contributed by atoms with van der Waals surface area (Å²) in [4.78, 5) is 21.9. The van der Waals surface area contributed by atoms with Gasteiger partial charge in [-0.15, -0.1) is 0 Å². The molecule has 0 fully saturated rings. The Hall–Kier alpha value is -1.26. The number of urea groups is 1. The van der Waals surface area contributed by atoms with E-state index in [-0.39, 0.29) is 18.5 Å². The van der Waals surface area contributed by atoms with Gasteiger partial charge in [-0.3, -0.25) is 4.79 Å². The van der Waals surface area contributed by atoms with Gasteiger partial charge < -0.3 is 15.7 Å². The topological polar surface area (TPSA) is 78.4 Å². The highest BCUT2D eigenvalue weighted by atomic mass is 16.4. The Balaban J connectivity index is 3.47. The predicted molar refractivity (Wildman–Crippen MR) is 80.8 cm³/mol. The van der Waals surface area contributed by atoms with Crippen LogP contribution in [0.25, 0.3) is 0 Å². The van der Waals surface area contributed by atoms with E-state index >= 15 is 0 Å². The van der Waals surface area contributed by atoms with Gasteiger partial charge in [0, 0.05) is 19.0 Å². The molecule has 118 valence electrons. The van der Waals surface area contributed by atoms with Crippen molar-refractivity contribution in [3.05, 3.63) is 0 Å². The molecule has 0 aromatic rings. The molecule has 0 saturated heterocycles. The molecule has 0 aromatic heterocycles. The maximum absolute atomic E-state index is 11.6. The third kappa shape index (κ3) is 11.8. The maximum Gasteiger partial charge on any atom is 0.314 e. The minimum absolute atomic E-state index is 0.105. The fraction of sp³-hybridized carbons (Fsp3) is 0.867. The SMILES string of the molecule is CCC(C)CC(C)NC(=O)NCCCCCCC(=O)O. The van der Waals surface area contributed by atoms with E-state index in [1.807, 2.05) is 6.92 Å². The fourth-order valence-electron chi connectivity index (χ4n) is 2.06. The lowest BCUT2D eigenvalue weighted by atomic mass is 10.0. The van der Waals surface area contributed by atoms with Gasteiger partial charge in [0.25, 0.3) is 0 Å². The molecule has 0 aliphatic heterocycles. The molecule has 2 amide bonds. The van der Waals surface area contributed by atoms with Crippen LogP contribution >= 0.6 is 0 Å². The zero-order valence-corrected chi connectivity index (χ0v) is 13.1. The summed E-state index contributed by atoms with van der Waals surface area (Å²) in [7, 11) is 0. The van der Waals surface area contributed by atoms with E-state index in [9.17, 15) is 9.59 Å². The highest BCUT2D eigenvalue weighted by molar-refractivity contribution is 5.74. The monoisotopic (exact) mass is 286 g/mol. The number of carbonyl (C=O) groups is 2. The Morgan fingerprint density at radius 1 is 1.10 bits per heavy atom. The van der Waals surface area contributed by atoms with Crippen molar-refractivity contribution in [1.82, 2.24) is 10.6 Å². The molecular weight excluding hydrogens is 256 g/mol. The molecule has 0 saturated carbocycles. The smallest absolute Gasteiger partial charge is 0.314 e. The molecule has 2 atom stereocenters. The van der Waals surface area contributed by atoms with E-state index in [2.05, 4.69) is 24.5 Å². The molecule has 0 radical (unpaired) electrons. The van der Waals surface area contributed by atoms with Crippen LogP contribution in [0, 0.1) is 5.92 Å². The first kappa shape index (κ1) is 18.7. The van der Waals surface area contributed by atoms with Gasteiger partial charge in [0.1, 0.15) is 0 Å². The van der Waals surface area contributed by atoms with Crippen molar-refractivity contribution in [2.45, 2.75) is 71.8 Å². The minimum atomic E-state index is -0.738. The van der Waals surface area contributed by atoms with Crippen molar-refractivity contribution in [1.29, 1.82) is 0 Å². The first-order chi connectivity index (χ1) is 9.45. The molecule has 2 unspecified atom stereocenters. The van der Waals surface area contributed by atoms with Crippen LogP contribution in [-0.2, 0) is 4.79 Å². The van der Waals surface area contributed by atoms with Crippen molar-refractivity contribution in [3.8, 4) is 0 Å². The first-order valence-electron chi connectivity index (χ1n) is 7.71. The van der Waals surface area contributed by atoms with E-state index in [1.165, 1.54) is 0 Å². The van der Waals surface area contributed by atoms with Crippen molar-refractivity contribution < 1.29 is 14.7 Å². The van der Waals surface area contributed by atoms with Crippen LogP contribution in [0.3, 0.4) is 0 Å². The number of rotatable bonds is 11. The molecule has 5 heteroatoms. The Morgan fingerprint density at radius 3 is 2.35 bits per heavy atom. The summed E-state index contributed by atoms with van der Waals surface area (Å²) in [5.74, 6) is -0.114. The molecule has 0 spiro atoms. The lowest BCUT2D eigenvalue weighted by molar-refractivity contribution is -0.137. The molecule has 0 bridgehead atoms. The van der Waals surface area contributed by atoms with Gasteiger partial charge >= 0.3 is 12.0 Å². The molecule has 0 aromatic carbocycles. The number of hydrogen-bond acceptors (Lipinski definition) is 2. The lowest BCUT2D eigenvalue weighted by Gasteiger charge is -2.17. The van der Waals surface area contributed by atoms with Crippen LogP contribution in [-0.4, -0.2) is 29.7 Å². The van der Waals surface area contributed by atoms with E-state index < -0.39 is 5.97 Å². The van der Waals surface area contributed by atoms with Crippen LogP contribution in [0.2, 0.25) is 0 Å². The second-order valence-electron chi connectivity index (χ2n) is 5.61. The summed E-state index contributed by atoms with van der Waals surface area (Å²) < 4.78 is 0. The molecule has 0 aliphatic carbocycles. The van der Waals surface area contributed by atoms with Crippen LogP contribution in [0.4, 0.5) is 4.79 Å². The third-order valence-corrected chi connectivity index (χ3v) is 3.43. The Labute approximate surface area is 122 Å². The van der Waals surface area contributed by atoms with Crippen molar-refractivity contribution in [2.24, 2.45) is 5.92 Å². The minimum Gasteiger partial charge on any atom is -0.481 e. The number of amides is 2. The summed E-state index contributed by atoms with van der Waals surface area (Å²) in [6, 6.07) is 0.0897. The molecule has 0 rings (SSSR count). The Morgan fingerprint density at radius 2 is 1.75 bits per heavy atom. The molecule has 5 nitrogen and oxygen atoms in total. The van der Waals surface area contributed by atoms with Gasteiger partial charge in [0.05, 0.1) is 0 Å². The zero-order valence-electron chi connectivity index (χ0n) is 13.1. The van der Waals surface area contributed by atoms with E-state index in [1.54, 1.807) is 0 Å². The molecule has 20 heavy (non-hydrogen) atoms. The van der Waals surface area contributed by atoms with Gasteiger partial charge in [-0.1, -0.05) is 33.1 Å². The summed E-state index contributed by atoms with van der Waals surface area (Å²) in [5.41, 5.74) is 0. The molecular formula is C15H30N2O3. The average Bonchev–Trinajstić information content (AvgIpc) is 2.36. The van der Waals surface area contributed by atoms with Gasteiger partial charge in [0.2, 0.25) is 0 Å². The summed E-state index contributed by atoms with van der Waals surface area (Å²) in [6.07, 6.45) is 5.83. The lowest BCUT2D eigenvalue weighted by Crippen LogP contribution is -2.41. The Bertz CT molecular complexity index is 282. The second kappa shape index (κ2) is 11.6. The highest BCUT2D eigenvalue weighted by Crippen LogP contribution is 2.09. The number of carboxylic acid groups (broad SMARTS) is 1. The highest BCUT2D eigenvalue weighted by Gasteiger charge is 2.09. The number of nitrogens with one attached hydrogen (secondary N) is 2. The van der Waals surface area contributed by atoms with Gasteiger partial charge in [-0.25, -0.2) is 4.79 Å². The number of aliphatic carboxylic acids is 1. The van der Waals surface area contributed by atoms with Gasteiger partial charge in [0.15, 0.2) is 0 Å². The number of hydrogen-bond donors (Lipinski definition) is 3. The maximum atomic E-state index is 11.6. The number of carbonyl (C=O) groups excluding carboxylic acids is 1. The standard InChI is InChI=1S/C15H30N2O3/c1-4-12(2)11-13(3)17-15(20)16-10-8-6-5-7-9-14(18)19/h12-13H,4-11H2,1-3H3,(H,18,19)(H2,16,17,20). The summed E-state index contributed by atoms with van der Waals surface area (Å²) in [6.45, 7) is 7.02. The van der Waals surface area contributed by atoms with Crippen LogP contribution in [0.1, 0.15) is 65.7 Å². The number of unbranched alkanes of at least 4 members (excludes halogenated alkanes) is 3. The third-order valence-electron chi connectivity index (χ3n) is 3.43.